The van der Waals surface area contributed by atoms with Crippen molar-refractivity contribution in [3.8, 4) is 11.1 Å². The number of nitrogens with two attached hydrogens (primary N) is 2. The van der Waals surface area contributed by atoms with Crippen LogP contribution in [0, 0.1) is 0 Å². The number of hydrogen-bond acceptors (Lipinski definition) is 1. The molecule has 0 saturated heterocycles. The van der Waals surface area contributed by atoms with Crippen molar-refractivity contribution in [3.63, 3.8) is 0 Å². The lowest BCUT2D eigenvalue weighted by Gasteiger charge is -2.15. The van der Waals surface area contributed by atoms with Gasteiger partial charge in [-0.05, 0) is 28.7 Å². The molecule has 0 aromatic heterocycles. The Bertz CT molecular complexity index is 901. The molecule has 0 fully saturated rings. The van der Waals surface area contributed by atoms with Crippen molar-refractivity contribution in [2.24, 2.45) is 16.5 Å². The lowest BCUT2D eigenvalue weighted by molar-refractivity contribution is -0.119. The van der Waals surface area contributed by atoms with Crippen LogP contribution in [0.1, 0.15) is 17.0 Å². The third-order valence-corrected chi connectivity index (χ3v) is 4.21. The van der Waals surface area contributed by atoms with Gasteiger partial charge in [-0.25, -0.2) is 0 Å². The Kier molecular flexibility index (Phi) is 5.44. The lowest BCUT2D eigenvalue weighted by atomic mass is 9.90. The molecule has 0 spiro atoms. The van der Waals surface area contributed by atoms with Gasteiger partial charge in [-0.3, -0.25) is 4.79 Å². The molecule has 0 aliphatic heterocycles. The van der Waals surface area contributed by atoms with Crippen LogP contribution in [-0.2, 0) is 11.2 Å². The van der Waals surface area contributed by atoms with Crippen LogP contribution in [0.4, 0.5) is 0 Å². The van der Waals surface area contributed by atoms with Crippen LogP contribution in [-0.4, -0.2) is 11.9 Å². The second kappa shape index (κ2) is 8.12. The molecule has 0 bridgehead atoms. The normalized spacial score (nSPS) is 11.5. The number of carbonyl (C=O) groups excluding carboxylic acids is 1. The average Bonchev–Trinajstić information content (AvgIpc) is 2.67. The van der Waals surface area contributed by atoms with Crippen LogP contribution >= 0.6 is 0 Å². The molecule has 0 aliphatic rings. The molecule has 4 N–H and O–H groups in total. The Morgan fingerprint density at radius 1 is 0.808 bits per heavy atom. The molecule has 3 aromatic carbocycles. The monoisotopic (exact) mass is 343 g/mol. The summed E-state index contributed by atoms with van der Waals surface area (Å²) in [6, 6.07) is 27.9. The maximum atomic E-state index is 12.6. The van der Waals surface area contributed by atoms with Crippen molar-refractivity contribution >= 4 is 11.9 Å². The molecule has 1 amide bonds. The highest BCUT2D eigenvalue weighted by molar-refractivity contribution is 5.95. The van der Waals surface area contributed by atoms with Crippen molar-refractivity contribution in [1.29, 1.82) is 0 Å². The molecule has 3 rings (SSSR count). The van der Waals surface area contributed by atoms with E-state index in [4.69, 9.17) is 11.5 Å². The smallest absolute Gasteiger partial charge is 0.256 e. The number of hydrogen-bond donors (Lipinski definition) is 2. The van der Waals surface area contributed by atoms with Crippen LogP contribution in [0.25, 0.3) is 11.1 Å². The van der Waals surface area contributed by atoms with E-state index in [0.29, 0.717) is 6.42 Å². The Hall–Kier alpha value is -3.40. The molecule has 4 heteroatoms. The van der Waals surface area contributed by atoms with Crippen molar-refractivity contribution in [3.05, 3.63) is 96.1 Å². The highest BCUT2D eigenvalue weighted by Gasteiger charge is 2.21. The number of aliphatic imine (C=N–C) groups is 1. The molecule has 0 heterocycles. The van der Waals surface area contributed by atoms with Gasteiger partial charge < -0.3 is 11.5 Å². The summed E-state index contributed by atoms with van der Waals surface area (Å²) in [6.45, 7) is 0. The topological polar surface area (TPSA) is 81.5 Å². The first kappa shape index (κ1) is 17.4. The minimum Gasteiger partial charge on any atom is -0.370 e. The van der Waals surface area contributed by atoms with Gasteiger partial charge >= 0.3 is 0 Å². The number of carbonyl (C=O) groups is 1. The van der Waals surface area contributed by atoms with E-state index in [2.05, 4.69) is 29.3 Å². The van der Waals surface area contributed by atoms with E-state index >= 15 is 0 Å². The largest absolute Gasteiger partial charge is 0.370 e. The second-order valence-corrected chi connectivity index (χ2v) is 6.11. The van der Waals surface area contributed by atoms with Crippen LogP contribution in [0.5, 0.6) is 0 Å². The zero-order chi connectivity index (χ0) is 18.4. The van der Waals surface area contributed by atoms with Gasteiger partial charge in [0.05, 0.1) is 5.92 Å². The fourth-order valence-corrected chi connectivity index (χ4v) is 2.98. The molecule has 0 radical (unpaired) electrons. The summed E-state index contributed by atoms with van der Waals surface area (Å²) in [5.41, 5.74) is 15.0. The maximum Gasteiger partial charge on any atom is 0.256 e. The Balaban J connectivity index is 1.92. The lowest BCUT2D eigenvalue weighted by Crippen LogP contribution is -2.26. The van der Waals surface area contributed by atoms with Crippen molar-refractivity contribution in [1.82, 2.24) is 0 Å². The fourth-order valence-electron chi connectivity index (χ4n) is 2.98. The van der Waals surface area contributed by atoms with Gasteiger partial charge in [-0.2, -0.15) is 4.99 Å². The van der Waals surface area contributed by atoms with E-state index in [1.54, 1.807) is 0 Å². The van der Waals surface area contributed by atoms with Crippen LogP contribution in [0.15, 0.2) is 89.9 Å². The molecule has 1 atom stereocenters. The Labute approximate surface area is 153 Å². The third kappa shape index (κ3) is 4.36. The van der Waals surface area contributed by atoms with Gasteiger partial charge in [0.2, 0.25) is 0 Å². The minimum absolute atomic E-state index is 0.214. The van der Waals surface area contributed by atoms with Crippen molar-refractivity contribution < 1.29 is 4.79 Å². The zero-order valence-corrected chi connectivity index (χ0v) is 14.4. The number of benzene rings is 3. The van der Waals surface area contributed by atoms with Crippen LogP contribution in [0.3, 0.4) is 0 Å². The quantitative estimate of drug-likeness (QED) is 0.550. The Morgan fingerprint density at radius 3 is 2.08 bits per heavy atom. The van der Waals surface area contributed by atoms with Crippen molar-refractivity contribution in [2.75, 3.05) is 0 Å². The SMILES string of the molecule is NC(N)=NC(=O)C(Cc1cccc(-c2ccccc2)c1)c1ccccc1. The minimum atomic E-state index is -0.427. The van der Waals surface area contributed by atoms with Gasteiger partial charge in [0.25, 0.3) is 5.91 Å². The van der Waals surface area contributed by atoms with E-state index in [9.17, 15) is 4.79 Å². The van der Waals surface area contributed by atoms with Crippen LogP contribution < -0.4 is 11.5 Å². The first-order valence-corrected chi connectivity index (χ1v) is 8.46. The van der Waals surface area contributed by atoms with Crippen LogP contribution in [0.2, 0.25) is 0 Å². The van der Waals surface area contributed by atoms with E-state index in [1.807, 2.05) is 60.7 Å². The molecular formula is C22H21N3O. The highest BCUT2D eigenvalue weighted by atomic mass is 16.1. The van der Waals surface area contributed by atoms with Gasteiger partial charge in [-0.1, -0.05) is 84.9 Å². The summed E-state index contributed by atoms with van der Waals surface area (Å²) in [6.07, 6.45) is 0.528. The molecule has 1 unspecified atom stereocenters. The van der Waals surface area contributed by atoms with Gasteiger partial charge in [0.15, 0.2) is 5.96 Å². The van der Waals surface area contributed by atoms with E-state index in [-0.39, 0.29) is 11.9 Å². The van der Waals surface area contributed by atoms with E-state index < -0.39 is 5.92 Å². The fraction of sp³-hybridized carbons (Fsp3) is 0.0909. The highest BCUT2D eigenvalue weighted by Crippen LogP contribution is 2.26. The van der Waals surface area contributed by atoms with Gasteiger partial charge in [-0.15, -0.1) is 0 Å². The van der Waals surface area contributed by atoms with Crippen molar-refractivity contribution in [2.45, 2.75) is 12.3 Å². The number of guanidine groups is 1. The third-order valence-electron chi connectivity index (χ3n) is 4.21. The number of rotatable bonds is 5. The molecular weight excluding hydrogens is 322 g/mol. The zero-order valence-electron chi connectivity index (χ0n) is 14.4. The number of nitrogens with zero attached hydrogens (tertiary/aromatic N) is 1. The summed E-state index contributed by atoms with van der Waals surface area (Å²) in [5, 5.41) is 0. The molecule has 4 nitrogen and oxygen atoms in total. The maximum absolute atomic E-state index is 12.6. The standard InChI is InChI=1S/C22H21N3O/c23-22(24)25-21(26)20(18-11-5-2-6-12-18)15-16-8-7-13-19(14-16)17-9-3-1-4-10-17/h1-14,20H,15H2,(H4,23,24,25,26). The molecule has 3 aromatic rings. The van der Waals surface area contributed by atoms with Gasteiger partial charge in [0.1, 0.15) is 0 Å². The summed E-state index contributed by atoms with van der Waals surface area (Å²) in [4.78, 5) is 16.3. The van der Waals surface area contributed by atoms with E-state index in [1.165, 1.54) is 0 Å². The predicted molar refractivity (Wildman–Crippen MR) is 106 cm³/mol. The molecule has 0 saturated carbocycles. The van der Waals surface area contributed by atoms with E-state index in [0.717, 1.165) is 22.3 Å². The summed E-state index contributed by atoms with van der Waals surface area (Å²) < 4.78 is 0. The Morgan fingerprint density at radius 2 is 1.42 bits per heavy atom. The molecule has 130 valence electrons. The second-order valence-electron chi connectivity index (χ2n) is 6.11. The number of amides is 1. The first-order valence-electron chi connectivity index (χ1n) is 8.46. The average molecular weight is 343 g/mol. The summed E-state index contributed by atoms with van der Waals surface area (Å²) >= 11 is 0. The summed E-state index contributed by atoms with van der Waals surface area (Å²) in [5.74, 6) is -0.973. The van der Waals surface area contributed by atoms with Gasteiger partial charge in [0, 0.05) is 0 Å². The first-order chi connectivity index (χ1) is 12.6. The summed E-state index contributed by atoms with van der Waals surface area (Å²) in [7, 11) is 0. The predicted octanol–water partition coefficient (Wildman–Crippen LogP) is 3.48. The molecule has 26 heavy (non-hydrogen) atoms. The molecule has 0 aliphatic carbocycles.